The number of rotatable bonds is 15. The average molecular weight is 1170 g/mol. The van der Waals surface area contributed by atoms with Gasteiger partial charge in [-0.3, -0.25) is 29.0 Å². The molecule has 8 rings (SSSR count). The smallest absolute Gasteiger partial charge is 0.358 e. The Kier molecular flexibility index (Phi) is 19.0. The Hall–Kier alpha value is -4.13. The lowest BCUT2D eigenvalue weighted by Crippen LogP contribution is -2.63. The highest BCUT2D eigenvalue weighted by Gasteiger charge is 2.62. The lowest BCUT2D eigenvalue weighted by atomic mass is 9.79. The maximum Gasteiger partial charge on any atom is 0.358 e. The first-order valence-electron chi connectivity index (χ1n) is 24.2. The maximum atomic E-state index is 13.2. The van der Waals surface area contributed by atoms with Crippen molar-refractivity contribution in [2.75, 3.05) is 37.6 Å². The number of aliphatic carboxylic acids is 1. The molecule has 6 aliphatic heterocycles. The van der Waals surface area contributed by atoms with Gasteiger partial charge in [0.15, 0.2) is 0 Å². The zero-order valence-electron chi connectivity index (χ0n) is 42.8. The molecule has 4 fully saturated rings. The van der Waals surface area contributed by atoms with Gasteiger partial charge in [0.1, 0.15) is 27.6 Å². The van der Waals surface area contributed by atoms with Gasteiger partial charge < -0.3 is 39.3 Å². The molecule has 0 saturated carbocycles. The van der Waals surface area contributed by atoms with E-state index in [9.17, 15) is 52.9 Å². The van der Waals surface area contributed by atoms with Crippen molar-refractivity contribution in [2.45, 2.75) is 117 Å². The minimum Gasteiger partial charge on any atom is -0.477 e. The van der Waals surface area contributed by atoms with E-state index in [1.807, 2.05) is 57.2 Å². The number of carboxylic acid groups (broad SMARTS) is 1. The number of alkyl halides is 1. The first-order valence-corrected chi connectivity index (χ1v) is 27.5. The Bertz CT molecular complexity index is 2450. The number of aliphatic hydroxyl groups is 2. The molecule has 0 aliphatic carbocycles. The van der Waals surface area contributed by atoms with Crippen LogP contribution in [0.2, 0.25) is 0 Å². The number of hydrogen-bond donors (Lipinski definition) is 3. The lowest BCUT2D eigenvalue weighted by Gasteiger charge is -2.46. The highest BCUT2D eigenvalue weighted by Crippen LogP contribution is 2.53. The molecule has 4 saturated heterocycles. The fourth-order valence-electron chi connectivity index (χ4n) is 9.54. The van der Waals surface area contributed by atoms with Crippen LogP contribution in [-0.4, -0.2) is 143 Å². The average Bonchev–Trinajstić information content (AvgIpc) is 3.66. The summed E-state index contributed by atoms with van der Waals surface area (Å²) in [4.78, 5) is 81.7. The summed E-state index contributed by atoms with van der Waals surface area (Å²) in [6.07, 6.45) is -1.61. The molecule has 0 spiro atoms. The second kappa shape index (κ2) is 23.8. The van der Waals surface area contributed by atoms with Gasteiger partial charge in [0.2, 0.25) is 18.6 Å². The number of benzene rings is 2. The summed E-state index contributed by atoms with van der Waals surface area (Å²) >= 11 is 5.10. The Morgan fingerprint density at radius 3 is 1.37 bits per heavy atom. The van der Waals surface area contributed by atoms with Gasteiger partial charge in [-0.15, -0.1) is 23.5 Å². The van der Waals surface area contributed by atoms with Gasteiger partial charge in [-0.05, 0) is 113 Å². The maximum absolute atomic E-state index is 13.2. The van der Waals surface area contributed by atoms with Crippen LogP contribution in [0.5, 0.6) is 0 Å². The van der Waals surface area contributed by atoms with Crippen molar-refractivity contribution in [3.05, 3.63) is 92.5 Å². The Balaban J connectivity index is 0.000000208. The van der Waals surface area contributed by atoms with Gasteiger partial charge in [-0.25, -0.2) is 18.4 Å². The summed E-state index contributed by atoms with van der Waals surface area (Å²) in [6.45, 7) is 21.7. The van der Waals surface area contributed by atoms with E-state index < -0.39 is 54.2 Å². The molecular weight excluding hydrogens is 1100 g/mol. The number of carbonyl (C=O) groups excluding carboxylic acids is 5. The minimum absolute atomic E-state index is 0.0846. The van der Waals surface area contributed by atoms with E-state index in [4.69, 9.17) is 14.2 Å². The molecule has 6 aliphatic rings. The third-order valence-corrected chi connectivity index (χ3v) is 16.7. The van der Waals surface area contributed by atoms with Crippen molar-refractivity contribution >= 4 is 81.8 Å². The van der Waals surface area contributed by atoms with E-state index in [-0.39, 0.29) is 80.6 Å². The molecule has 3 N–H and O–H groups in total. The molecule has 2 aromatic rings. The van der Waals surface area contributed by atoms with Gasteiger partial charge in [0.05, 0.1) is 47.0 Å². The molecule has 0 bridgehead atoms. The zero-order valence-corrected chi connectivity index (χ0v) is 46.6. The predicted octanol–water partition coefficient (Wildman–Crippen LogP) is 6.77. The summed E-state index contributed by atoms with van der Waals surface area (Å²) in [5, 5.41) is 30.2. The van der Waals surface area contributed by atoms with Crippen molar-refractivity contribution in [3.8, 4) is 0 Å². The van der Waals surface area contributed by atoms with Crippen molar-refractivity contribution in [2.24, 2.45) is 34.5 Å². The first-order chi connectivity index (χ1) is 34.1. The molecule has 2 aromatic carbocycles. The van der Waals surface area contributed by atoms with Crippen molar-refractivity contribution in [1.82, 2.24) is 19.6 Å². The lowest BCUT2D eigenvalue weighted by molar-refractivity contribution is -0.175. The summed E-state index contributed by atoms with van der Waals surface area (Å²) in [7, 11) is 0. The largest absolute Gasteiger partial charge is 0.477 e. The number of β-lactam (4-membered cyclic amide) rings is 2. The number of likely N-dealkylation sites (tertiary alicyclic amines) is 2. The number of aliphatic hydroxyl groups excluding tert-OH is 2. The number of halogens is 3. The third kappa shape index (κ3) is 13.3. The highest BCUT2D eigenvalue weighted by molar-refractivity contribution is 14.1. The number of carbonyl (C=O) groups is 6. The van der Waals surface area contributed by atoms with Crippen LogP contribution in [0, 0.1) is 46.1 Å². The number of nitrogens with zero attached hydrogens (tertiary/aromatic N) is 4. The van der Waals surface area contributed by atoms with Crippen molar-refractivity contribution < 1.29 is 67.1 Å². The van der Waals surface area contributed by atoms with E-state index >= 15 is 0 Å². The van der Waals surface area contributed by atoms with Crippen LogP contribution in [0.4, 0.5) is 8.78 Å². The number of fused-ring (bicyclic) bond motifs is 2. The van der Waals surface area contributed by atoms with Gasteiger partial charge >= 0.3 is 23.9 Å². The number of hydrogen-bond acceptors (Lipinski definition) is 15. The topological polar surface area (TPSA) is 204 Å². The van der Waals surface area contributed by atoms with Gasteiger partial charge in [0, 0.05) is 71.4 Å². The summed E-state index contributed by atoms with van der Waals surface area (Å²) < 4.78 is 41.7. The SMILES string of the molecule is CC(C)(C)C(=O)OCI.C[C@@H](O)[C@H]1C(=O)N2C(C(=O)O)=C(SC3CN(Cc4ccc(F)cc4)C3)[C@H](C)[C@H]12.C[C@@H](O)[C@H]1C(=O)N2C(C(=O)OCOC(=O)C(C)(C)C)=C(SC3CN(Cc4ccc(F)cc4)C3)[C@H](C)[C@H]12. The second-order valence-corrected chi connectivity index (χ2v) is 24.7. The number of ether oxygens (including phenoxy) is 3. The van der Waals surface area contributed by atoms with Crippen LogP contribution in [0.3, 0.4) is 0 Å². The van der Waals surface area contributed by atoms with Crippen LogP contribution < -0.4 is 0 Å². The predicted molar refractivity (Wildman–Crippen MR) is 279 cm³/mol. The molecule has 8 atom stereocenters. The monoisotopic (exact) mass is 1170 g/mol. The standard InChI is InChI=1S/C26H33FN2O6S.C20H23FN2O4S.C6H11IO2/c1-14-20-19(15(2)30)23(31)29(20)21(24(32)34-13-35-25(33)26(3,4)5)22(14)36-18-11-28(12-18)10-16-6-8-17(27)9-7-16;1-10-16-15(11(2)24)19(25)23(16)17(20(26)27)18(10)28-14-8-22(9-14)7-12-3-5-13(21)6-4-12;1-6(2,3)5(8)9-4-7/h6-9,14-15,18-20,30H,10-13H2,1-5H3;3-6,10-11,14-16,24H,7-9H2,1-2H3,(H,26,27);4H2,1-3H3/t14-,15-,19-,20-;10-,11-,15-,16-;/m11./s1. The van der Waals surface area contributed by atoms with E-state index in [2.05, 4.69) is 9.80 Å². The van der Waals surface area contributed by atoms with Gasteiger partial charge in [-0.2, -0.15) is 0 Å². The number of carboxylic acids is 1. The number of thioether (sulfide) groups is 2. The van der Waals surface area contributed by atoms with Gasteiger partial charge in [0.25, 0.3) is 0 Å². The van der Waals surface area contributed by atoms with Crippen LogP contribution >= 0.6 is 46.1 Å². The van der Waals surface area contributed by atoms with Crippen LogP contribution in [0.25, 0.3) is 0 Å². The summed E-state index contributed by atoms with van der Waals surface area (Å²) in [6, 6.07) is 12.3. The molecule has 73 heavy (non-hydrogen) atoms. The second-order valence-electron chi connectivity index (χ2n) is 21.4. The highest BCUT2D eigenvalue weighted by atomic mass is 127. The fourth-order valence-corrected chi connectivity index (χ4v) is 13.0. The van der Waals surface area contributed by atoms with Crippen molar-refractivity contribution in [3.63, 3.8) is 0 Å². The molecular formula is C52H67F2IN4O12S2. The quantitative estimate of drug-likeness (QED) is 0.0554. The Morgan fingerprint density at radius 1 is 0.658 bits per heavy atom. The molecule has 6 heterocycles. The van der Waals surface area contributed by atoms with Crippen molar-refractivity contribution in [1.29, 1.82) is 0 Å². The third-order valence-electron chi connectivity index (χ3n) is 13.5. The zero-order chi connectivity index (χ0) is 54.0. The molecule has 2 amide bonds. The Labute approximate surface area is 447 Å². The molecule has 21 heteroatoms. The van der Waals surface area contributed by atoms with E-state index in [1.165, 1.54) is 34.1 Å². The summed E-state index contributed by atoms with van der Waals surface area (Å²) in [5.74, 6) is -4.90. The fraction of sp³-hybridized carbons (Fsp3) is 0.577. The molecule has 0 radical (unpaired) electrons. The van der Waals surface area contributed by atoms with Gasteiger partial charge in [-0.1, -0.05) is 38.1 Å². The van der Waals surface area contributed by atoms with E-state index in [0.717, 1.165) is 53.7 Å². The molecule has 16 nitrogen and oxygen atoms in total. The van der Waals surface area contributed by atoms with Crippen LogP contribution in [-0.2, 0) is 56.1 Å². The number of esters is 3. The van der Waals surface area contributed by atoms with Crippen LogP contribution in [0.15, 0.2) is 69.7 Å². The number of amides is 2. The summed E-state index contributed by atoms with van der Waals surface area (Å²) in [5.41, 5.74) is 1.24. The van der Waals surface area contributed by atoms with E-state index in [0.29, 0.717) is 11.2 Å². The minimum atomic E-state index is -1.09. The van der Waals surface area contributed by atoms with Crippen LogP contribution in [0.1, 0.15) is 80.4 Å². The molecule has 400 valence electrons. The normalized spacial score (nSPS) is 24.9. The van der Waals surface area contributed by atoms with E-state index in [1.54, 1.807) is 82.4 Å². The first kappa shape index (κ1) is 58.1. The molecule has 0 unspecified atom stereocenters. The molecule has 0 aromatic heterocycles. The Morgan fingerprint density at radius 2 is 1.03 bits per heavy atom.